The summed E-state index contributed by atoms with van der Waals surface area (Å²) < 4.78 is 5.33. The van der Waals surface area contributed by atoms with Gasteiger partial charge in [-0.15, -0.1) is 0 Å². The molecular formula is C18H20O. The molecular weight excluding hydrogens is 232 g/mol. The van der Waals surface area contributed by atoms with Gasteiger partial charge < -0.3 is 4.74 Å². The molecule has 0 N–H and O–H groups in total. The van der Waals surface area contributed by atoms with Gasteiger partial charge in [-0.1, -0.05) is 36.4 Å². The maximum atomic E-state index is 5.33. The van der Waals surface area contributed by atoms with Crippen LogP contribution in [0.4, 0.5) is 0 Å². The van der Waals surface area contributed by atoms with Gasteiger partial charge in [-0.2, -0.15) is 0 Å². The van der Waals surface area contributed by atoms with Crippen molar-refractivity contribution in [3.8, 4) is 5.75 Å². The van der Waals surface area contributed by atoms with Gasteiger partial charge in [0.15, 0.2) is 0 Å². The van der Waals surface area contributed by atoms with E-state index in [0.717, 1.165) is 12.2 Å². The Hall–Kier alpha value is -1.76. The van der Waals surface area contributed by atoms with E-state index in [1.807, 2.05) is 0 Å². The molecule has 1 nitrogen and oxygen atoms in total. The fourth-order valence-corrected chi connectivity index (χ4v) is 3.13. The van der Waals surface area contributed by atoms with Crippen LogP contribution < -0.4 is 4.74 Å². The quantitative estimate of drug-likeness (QED) is 0.788. The molecule has 0 aliphatic heterocycles. The molecule has 0 saturated heterocycles. The van der Waals surface area contributed by atoms with E-state index < -0.39 is 0 Å². The number of fused-ring (bicyclic) bond motifs is 1. The van der Waals surface area contributed by atoms with Crippen molar-refractivity contribution in [2.45, 2.75) is 31.6 Å². The van der Waals surface area contributed by atoms with Gasteiger partial charge >= 0.3 is 0 Å². The second-order valence-electron chi connectivity index (χ2n) is 5.34. The smallest absolute Gasteiger partial charge is 0.119 e. The van der Waals surface area contributed by atoms with E-state index in [1.165, 1.54) is 36.0 Å². The van der Waals surface area contributed by atoms with Crippen molar-refractivity contribution >= 4 is 0 Å². The third-order valence-corrected chi connectivity index (χ3v) is 4.11. The van der Waals surface area contributed by atoms with Gasteiger partial charge in [0, 0.05) is 0 Å². The van der Waals surface area contributed by atoms with Crippen molar-refractivity contribution in [2.75, 3.05) is 7.11 Å². The number of hydrogen-bond acceptors (Lipinski definition) is 1. The van der Waals surface area contributed by atoms with Crippen molar-refractivity contribution in [1.29, 1.82) is 0 Å². The van der Waals surface area contributed by atoms with Gasteiger partial charge in [-0.25, -0.2) is 0 Å². The Bertz CT molecular complexity index is 545. The van der Waals surface area contributed by atoms with E-state index in [2.05, 4.69) is 48.5 Å². The Morgan fingerprint density at radius 1 is 1.11 bits per heavy atom. The summed E-state index contributed by atoms with van der Waals surface area (Å²) in [7, 11) is 1.74. The maximum Gasteiger partial charge on any atom is 0.119 e. The maximum absolute atomic E-state index is 5.33. The van der Waals surface area contributed by atoms with E-state index in [1.54, 1.807) is 7.11 Å². The summed E-state index contributed by atoms with van der Waals surface area (Å²) in [6, 6.07) is 17.4. The molecule has 0 spiro atoms. The Morgan fingerprint density at radius 2 is 1.95 bits per heavy atom. The predicted octanol–water partition coefficient (Wildman–Crippen LogP) is 4.36. The fraction of sp³-hybridized carbons (Fsp3) is 0.333. The van der Waals surface area contributed by atoms with Crippen LogP contribution in [0.25, 0.3) is 0 Å². The van der Waals surface area contributed by atoms with Gasteiger partial charge in [0.1, 0.15) is 5.75 Å². The molecule has 98 valence electrons. The first kappa shape index (κ1) is 12.3. The van der Waals surface area contributed by atoms with Crippen LogP contribution in [0.5, 0.6) is 5.75 Å². The van der Waals surface area contributed by atoms with Gasteiger partial charge in [0.25, 0.3) is 0 Å². The first-order valence-electron chi connectivity index (χ1n) is 7.07. The fourth-order valence-electron chi connectivity index (χ4n) is 3.13. The minimum absolute atomic E-state index is 0.664. The Kier molecular flexibility index (Phi) is 3.54. The minimum Gasteiger partial charge on any atom is -0.497 e. The number of benzene rings is 2. The lowest BCUT2D eigenvalue weighted by Crippen LogP contribution is -2.12. The van der Waals surface area contributed by atoms with E-state index in [0.29, 0.717) is 5.92 Å². The first-order valence-corrected chi connectivity index (χ1v) is 7.07. The van der Waals surface area contributed by atoms with E-state index in [4.69, 9.17) is 4.74 Å². The van der Waals surface area contributed by atoms with Crippen LogP contribution in [0.1, 0.15) is 35.4 Å². The van der Waals surface area contributed by atoms with E-state index in [9.17, 15) is 0 Å². The van der Waals surface area contributed by atoms with Crippen molar-refractivity contribution < 1.29 is 4.74 Å². The summed E-state index contributed by atoms with van der Waals surface area (Å²) in [4.78, 5) is 0. The molecule has 1 aliphatic carbocycles. The number of ether oxygens (including phenoxy) is 1. The molecule has 0 radical (unpaired) electrons. The second kappa shape index (κ2) is 5.48. The van der Waals surface area contributed by atoms with Gasteiger partial charge in [-0.05, 0) is 60.4 Å². The van der Waals surface area contributed by atoms with Crippen molar-refractivity contribution in [3.63, 3.8) is 0 Å². The molecule has 0 heterocycles. The average molecular weight is 252 g/mol. The number of rotatable bonds is 3. The molecule has 0 aromatic heterocycles. The predicted molar refractivity (Wildman–Crippen MR) is 78.8 cm³/mol. The highest BCUT2D eigenvalue weighted by molar-refractivity contribution is 5.40. The molecule has 2 aromatic carbocycles. The highest BCUT2D eigenvalue weighted by Crippen LogP contribution is 2.35. The second-order valence-corrected chi connectivity index (χ2v) is 5.34. The minimum atomic E-state index is 0.664. The SMILES string of the molecule is COc1ccc2c(c1)CCC[C@H]2Cc1ccccc1. The molecule has 0 fully saturated rings. The van der Waals surface area contributed by atoms with Gasteiger partial charge in [0.05, 0.1) is 7.11 Å². The summed E-state index contributed by atoms with van der Waals surface area (Å²) in [5.74, 6) is 1.65. The highest BCUT2D eigenvalue weighted by Gasteiger charge is 2.20. The summed E-state index contributed by atoms with van der Waals surface area (Å²) in [5, 5.41) is 0. The lowest BCUT2D eigenvalue weighted by molar-refractivity contribution is 0.413. The lowest BCUT2D eigenvalue weighted by atomic mass is 9.79. The Morgan fingerprint density at radius 3 is 2.74 bits per heavy atom. The molecule has 3 rings (SSSR count). The van der Waals surface area contributed by atoms with Crippen LogP contribution in [-0.2, 0) is 12.8 Å². The van der Waals surface area contributed by atoms with Crippen LogP contribution in [0.3, 0.4) is 0 Å². The lowest BCUT2D eigenvalue weighted by Gasteiger charge is -2.26. The summed E-state index contributed by atoms with van der Waals surface area (Å²) in [6.45, 7) is 0. The Balaban J connectivity index is 1.86. The molecule has 0 saturated carbocycles. The van der Waals surface area contributed by atoms with Crippen LogP contribution in [0, 0.1) is 0 Å². The zero-order valence-corrected chi connectivity index (χ0v) is 11.4. The average Bonchev–Trinajstić information content (AvgIpc) is 2.48. The molecule has 1 heteroatoms. The normalized spacial score (nSPS) is 17.8. The van der Waals surface area contributed by atoms with Gasteiger partial charge in [0.2, 0.25) is 0 Å². The van der Waals surface area contributed by atoms with Crippen molar-refractivity contribution in [1.82, 2.24) is 0 Å². The van der Waals surface area contributed by atoms with E-state index >= 15 is 0 Å². The zero-order chi connectivity index (χ0) is 13.1. The van der Waals surface area contributed by atoms with Crippen molar-refractivity contribution in [2.24, 2.45) is 0 Å². The third kappa shape index (κ3) is 2.65. The Labute approximate surface area is 115 Å². The first-order chi connectivity index (χ1) is 9.36. The molecule has 1 aliphatic rings. The standard InChI is InChI=1S/C18H20O/c1-19-17-10-11-18-15(8-5-9-16(18)13-17)12-14-6-3-2-4-7-14/h2-4,6-7,10-11,13,15H,5,8-9,12H2,1H3/t15-/m0/s1. The van der Waals surface area contributed by atoms with Crippen LogP contribution in [0.15, 0.2) is 48.5 Å². The topological polar surface area (TPSA) is 9.23 Å². The summed E-state index contributed by atoms with van der Waals surface area (Å²) in [6.07, 6.45) is 4.93. The van der Waals surface area contributed by atoms with Crippen LogP contribution in [-0.4, -0.2) is 7.11 Å². The molecule has 0 unspecified atom stereocenters. The molecule has 19 heavy (non-hydrogen) atoms. The highest BCUT2D eigenvalue weighted by atomic mass is 16.5. The molecule has 2 aromatic rings. The monoisotopic (exact) mass is 252 g/mol. The number of methoxy groups -OCH3 is 1. The number of aryl methyl sites for hydroxylation is 1. The largest absolute Gasteiger partial charge is 0.497 e. The van der Waals surface area contributed by atoms with Crippen LogP contribution >= 0.6 is 0 Å². The van der Waals surface area contributed by atoms with Crippen molar-refractivity contribution in [3.05, 3.63) is 65.2 Å². The van der Waals surface area contributed by atoms with E-state index in [-0.39, 0.29) is 0 Å². The molecule has 1 atom stereocenters. The summed E-state index contributed by atoms with van der Waals surface area (Å²) >= 11 is 0. The summed E-state index contributed by atoms with van der Waals surface area (Å²) in [5.41, 5.74) is 4.44. The van der Waals surface area contributed by atoms with Crippen LogP contribution in [0.2, 0.25) is 0 Å². The molecule has 0 bridgehead atoms. The molecule has 0 amide bonds. The van der Waals surface area contributed by atoms with Gasteiger partial charge in [-0.3, -0.25) is 0 Å². The zero-order valence-electron chi connectivity index (χ0n) is 11.4. The third-order valence-electron chi connectivity index (χ3n) is 4.11. The number of hydrogen-bond donors (Lipinski definition) is 0.